The summed E-state index contributed by atoms with van der Waals surface area (Å²) >= 11 is 0. The lowest BCUT2D eigenvalue weighted by atomic mass is 10.0. The Morgan fingerprint density at radius 1 is 1.13 bits per heavy atom. The van der Waals surface area contributed by atoms with Gasteiger partial charge in [0.05, 0.1) is 6.10 Å². The van der Waals surface area contributed by atoms with Crippen LogP contribution in [0.15, 0.2) is 53.4 Å². The quantitative estimate of drug-likeness (QED) is 0.822. The van der Waals surface area contributed by atoms with Gasteiger partial charge in [-0.25, -0.2) is 0 Å². The van der Waals surface area contributed by atoms with E-state index in [1.165, 1.54) is 31.2 Å². The maximum Gasteiger partial charge on any atom is 0.339 e. The molecule has 0 heterocycles. The zero-order valence-electron chi connectivity index (χ0n) is 12.9. The Morgan fingerprint density at radius 3 is 2.35 bits per heavy atom. The molecule has 2 aromatic rings. The van der Waals surface area contributed by atoms with E-state index in [-0.39, 0.29) is 28.4 Å². The molecule has 0 fully saturated rings. The molecule has 1 atom stereocenters. The first kappa shape index (κ1) is 17.2. The van der Waals surface area contributed by atoms with Crippen molar-refractivity contribution in [2.75, 3.05) is 0 Å². The van der Waals surface area contributed by atoms with Crippen molar-refractivity contribution in [3.63, 3.8) is 0 Å². The number of rotatable bonds is 6. The minimum absolute atomic E-state index is 0.0156. The number of hydrogen-bond donors (Lipinski definition) is 1. The van der Waals surface area contributed by atoms with Gasteiger partial charge in [-0.3, -0.25) is 4.79 Å². The molecule has 0 amide bonds. The van der Waals surface area contributed by atoms with E-state index >= 15 is 0 Å². The molecule has 2 aromatic carbocycles. The van der Waals surface area contributed by atoms with Crippen molar-refractivity contribution in [2.24, 2.45) is 0 Å². The molecule has 0 aliphatic rings. The van der Waals surface area contributed by atoms with E-state index in [0.29, 0.717) is 0 Å². The van der Waals surface area contributed by atoms with Gasteiger partial charge >= 0.3 is 10.1 Å². The molecule has 0 aromatic heterocycles. The summed E-state index contributed by atoms with van der Waals surface area (Å²) in [4.78, 5) is 11.2. The standard InChI is InChI=1S/C17H18O5S/c1-12-7-9-14(10-8-12)23(20,21)22-17-6-4-3-5-15(17)16(19)11-13(2)18/h3-10,16,19H,11H2,1-2H3/t16-/m1/s1. The molecule has 0 radical (unpaired) electrons. The number of ketones is 1. The zero-order chi connectivity index (χ0) is 17.0. The second kappa shape index (κ2) is 6.93. The van der Waals surface area contributed by atoms with Crippen molar-refractivity contribution in [3.05, 3.63) is 59.7 Å². The fourth-order valence-electron chi connectivity index (χ4n) is 2.09. The fraction of sp³-hybridized carbons (Fsp3) is 0.235. The van der Waals surface area contributed by atoms with E-state index in [9.17, 15) is 18.3 Å². The summed E-state index contributed by atoms with van der Waals surface area (Å²) in [6.45, 7) is 3.21. The summed E-state index contributed by atoms with van der Waals surface area (Å²) in [5.74, 6) is -0.185. The van der Waals surface area contributed by atoms with Gasteiger partial charge in [-0.05, 0) is 32.0 Å². The van der Waals surface area contributed by atoms with Crippen LogP contribution >= 0.6 is 0 Å². The highest BCUT2D eigenvalue weighted by atomic mass is 32.2. The molecular formula is C17H18O5S. The molecule has 0 aliphatic carbocycles. The predicted molar refractivity (Wildman–Crippen MR) is 85.7 cm³/mol. The van der Waals surface area contributed by atoms with Crippen molar-refractivity contribution in [2.45, 2.75) is 31.3 Å². The van der Waals surface area contributed by atoms with Crippen LogP contribution in [-0.4, -0.2) is 19.3 Å². The smallest absolute Gasteiger partial charge is 0.339 e. The van der Waals surface area contributed by atoms with Gasteiger partial charge < -0.3 is 9.29 Å². The monoisotopic (exact) mass is 334 g/mol. The highest BCUT2D eigenvalue weighted by Crippen LogP contribution is 2.29. The van der Waals surface area contributed by atoms with Gasteiger partial charge in [-0.15, -0.1) is 0 Å². The van der Waals surface area contributed by atoms with Crippen molar-refractivity contribution >= 4 is 15.9 Å². The van der Waals surface area contributed by atoms with E-state index < -0.39 is 16.2 Å². The summed E-state index contributed by atoms with van der Waals surface area (Å²) in [7, 11) is -4.01. The molecule has 6 heteroatoms. The van der Waals surface area contributed by atoms with Crippen molar-refractivity contribution in [3.8, 4) is 5.75 Å². The van der Waals surface area contributed by atoms with E-state index in [0.717, 1.165) is 5.56 Å². The number of aliphatic hydroxyl groups excluding tert-OH is 1. The van der Waals surface area contributed by atoms with E-state index in [1.807, 2.05) is 6.92 Å². The van der Waals surface area contributed by atoms with Crippen LogP contribution in [0, 0.1) is 6.92 Å². The molecular weight excluding hydrogens is 316 g/mol. The molecule has 0 aliphatic heterocycles. The summed E-state index contributed by atoms with van der Waals surface area (Å²) in [6.07, 6.45) is -1.22. The molecule has 0 spiro atoms. The normalized spacial score (nSPS) is 12.7. The Morgan fingerprint density at radius 2 is 1.74 bits per heavy atom. The van der Waals surface area contributed by atoms with Crippen LogP contribution in [0.4, 0.5) is 0 Å². The first-order valence-electron chi connectivity index (χ1n) is 7.07. The maximum absolute atomic E-state index is 12.3. The van der Waals surface area contributed by atoms with Crippen molar-refractivity contribution in [1.82, 2.24) is 0 Å². The number of aryl methyl sites for hydroxylation is 1. The third-order valence-electron chi connectivity index (χ3n) is 3.27. The van der Waals surface area contributed by atoms with Crippen LogP contribution in [-0.2, 0) is 14.9 Å². The minimum atomic E-state index is -4.01. The number of Topliss-reactive ketones (excluding diaryl/α,β-unsaturated/α-hetero) is 1. The van der Waals surface area contributed by atoms with Crippen LogP contribution in [0.1, 0.15) is 30.6 Å². The number of benzene rings is 2. The molecule has 23 heavy (non-hydrogen) atoms. The predicted octanol–water partition coefficient (Wildman–Crippen LogP) is 2.78. The molecule has 0 saturated heterocycles. The first-order chi connectivity index (χ1) is 10.8. The Balaban J connectivity index is 2.32. The lowest BCUT2D eigenvalue weighted by Crippen LogP contribution is -2.12. The second-order valence-corrected chi connectivity index (χ2v) is 6.86. The first-order valence-corrected chi connectivity index (χ1v) is 8.48. The van der Waals surface area contributed by atoms with Crippen molar-refractivity contribution in [1.29, 1.82) is 0 Å². The number of carbonyl (C=O) groups is 1. The summed E-state index contributed by atoms with van der Waals surface area (Å²) in [5, 5.41) is 10.1. The third kappa shape index (κ3) is 4.40. The van der Waals surface area contributed by atoms with Crippen LogP contribution in [0.25, 0.3) is 0 Å². The summed E-state index contributed by atoms with van der Waals surface area (Å²) in [6, 6.07) is 12.5. The van der Waals surface area contributed by atoms with Crippen LogP contribution in [0.2, 0.25) is 0 Å². The van der Waals surface area contributed by atoms with E-state index in [1.54, 1.807) is 24.3 Å². The number of hydrogen-bond acceptors (Lipinski definition) is 5. The minimum Gasteiger partial charge on any atom is -0.388 e. The third-order valence-corrected chi connectivity index (χ3v) is 4.52. The van der Waals surface area contributed by atoms with Gasteiger partial charge in [-0.2, -0.15) is 8.42 Å². The highest BCUT2D eigenvalue weighted by molar-refractivity contribution is 7.87. The van der Waals surface area contributed by atoms with Crippen molar-refractivity contribution < 1.29 is 22.5 Å². The molecule has 5 nitrogen and oxygen atoms in total. The lowest BCUT2D eigenvalue weighted by molar-refractivity contribution is -0.118. The van der Waals surface area contributed by atoms with Gasteiger partial charge in [0.25, 0.3) is 0 Å². The highest BCUT2D eigenvalue weighted by Gasteiger charge is 2.21. The molecule has 0 saturated carbocycles. The Hall–Kier alpha value is -2.18. The number of para-hydroxylation sites is 1. The molecule has 1 N–H and O–H groups in total. The maximum atomic E-state index is 12.3. The fourth-order valence-corrected chi connectivity index (χ4v) is 3.04. The topological polar surface area (TPSA) is 80.7 Å². The van der Waals surface area contributed by atoms with E-state index in [4.69, 9.17) is 4.18 Å². The van der Waals surface area contributed by atoms with Gasteiger partial charge in [0.2, 0.25) is 0 Å². The number of carbonyl (C=O) groups excluding carboxylic acids is 1. The van der Waals surface area contributed by atoms with Crippen LogP contribution in [0.3, 0.4) is 0 Å². The van der Waals surface area contributed by atoms with Gasteiger partial charge in [0.1, 0.15) is 16.4 Å². The van der Waals surface area contributed by atoms with Gasteiger partial charge in [0.15, 0.2) is 0 Å². The largest absolute Gasteiger partial charge is 0.388 e. The van der Waals surface area contributed by atoms with Gasteiger partial charge in [0, 0.05) is 12.0 Å². The molecule has 0 bridgehead atoms. The van der Waals surface area contributed by atoms with Gasteiger partial charge in [-0.1, -0.05) is 35.9 Å². The number of aliphatic hydroxyl groups is 1. The Bertz CT molecular complexity index is 794. The summed E-state index contributed by atoms with van der Waals surface area (Å²) < 4.78 is 29.8. The SMILES string of the molecule is CC(=O)C[C@@H](O)c1ccccc1OS(=O)(=O)c1ccc(C)cc1. The Labute approximate surface area is 135 Å². The zero-order valence-corrected chi connectivity index (χ0v) is 13.7. The van der Waals surface area contributed by atoms with Crippen LogP contribution < -0.4 is 4.18 Å². The molecule has 2 rings (SSSR count). The lowest BCUT2D eigenvalue weighted by Gasteiger charge is -2.15. The van der Waals surface area contributed by atoms with E-state index in [2.05, 4.69) is 0 Å². The average molecular weight is 334 g/mol. The average Bonchev–Trinajstić information content (AvgIpc) is 2.47. The second-order valence-electron chi connectivity index (χ2n) is 5.31. The summed E-state index contributed by atoms with van der Waals surface area (Å²) in [5.41, 5.74) is 1.19. The molecule has 0 unspecified atom stereocenters. The molecule has 122 valence electrons. The van der Waals surface area contributed by atoms with Crippen LogP contribution in [0.5, 0.6) is 5.75 Å². The Kier molecular flexibility index (Phi) is 5.18.